The molecule has 1 aromatic carbocycles. The molecule has 3 aromatic heterocycles. The predicted molar refractivity (Wildman–Crippen MR) is 134 cm³/mol. The van der Waals surface area contributed by atoms with E-state index in [9.17, 15) is 9.50 Å². The largest absolute Gasteiger partial charge is 0.384 e. The molecule has 6 rings (SSSR count). The third-order valence-corrected chi connectivity index (χ3v) is 7.44. The highest BCUT2D eigenvalue weighted by Gasteiger charge is 2.34. The van der Waals surface area contributed by atoms with Gasteiger partial charge in [0, 0.05) is 31.2 Å². The third-order valence-electron chi connectivity index (χ3n) is 7.44. The summed E-state index contributed by atoms with van der Waals surface area (Å²) in [6, 6.07) is 10.2. The average molecular weight is 473 g/mol. The van der Waals surface area contributed by atoms with Crippen molar-refractivity contribution in [1.82, 2.24) is 24.4 Å². The summed E-state index contributed by atoms with van der Waals surface area (Å²) in [5.41, 5.74) is 4.78. The number of fused-ring (bicyclic) bond motifs is 3. The molecule has 8 heteroatoms. The molecule has 1 aliphatic carbocycles. The molecule has 0 spiro atoms. The summed E-state index contributed by atoms with van der Waals surface area (Å²) in [5.74, 6) is 0.519. The third kappa shape index (κ3) is 3.86. The van der Waals surface area contributed by atoms with E-state index in [1.165, 1.54) is 23.5 Å². The summed E-state index contributed by atoms with van der Waals surface area (Å²) in [7, 11) is 2.12. The molecule has 0 radical (unpaired) electrons. The number of nitrogens with zero attached hydrogens (tertiary/aromatic N) is 5. The molecule has 35 heavy (non-hydrogen) atoms. The number of halogens is 1. The number of aryl methyl sites for hydroxylation is 1. The Morgan fingerprint density at radius 2 is 1.97 bits per heavy atom. The fraction of sp³-hybridized carbons (Fsp3) is 0.370. The second kappa shape index (κ2) is 8.39. The number of rotatable bonds is 4. The van der Waals surface area contributed by atoms with Gasteiger partial charge in [-0.15, -0.1) is 0 Å². The molecule has 2 N–H and O–H groups in total. The lowest BCUT2D eigenvalue weighted by atomic mass is 9.81. The molecule has 4 aromatic rings. The quantitative estimate of drug-likeness (QED) is 0.451. The van der Waals surface area contributed by atoms with Gasteiger partial charge in [0.05, 0.1) is 11.1 Å². The van der Waals surface area contributed by atoms with Crippen LogP contribution in [0, 0.1) is 5.82 Å². The van der Waals surface area contributed by atoms with E-state index in [0.717, 1.165) is 43.6 Å². The van der Waals surface area contributed by atoms with Crippen LogP contribution in [-0.4, -0.2) is 43.1 Å². The molecule has 0 amide bonds. The van der Waals surface area contributed by atoms with Gasteiger partial charge < -0.3 is 15.3 Å². The van der Waals surface area contributed by atoms with Crippen LogP contribution < -0.4 is 5.32 Å². The lowest BCUT2D eigenvalue weighted by molar-refractivity contribution is 0.0103. The van der Waals surface area contributed by atoms with E-state index >= 15 is 0 Å². The van der Waals surface area contributed by atoms with Crippen molar-refractivity contribution >= 4 is 22.7 Å². The zero-order valence-electron chi connectivity index (χ0n) is 20.1. The van der Waals surface area contributed by atoms with Crippen LogP contribution in [0.3, 0.4) is 0 Å². The molecular weight excluding hydrogens is 443 g/mol. The highest BCUT2D eigenvalue weighted by Crippen LogP contribution is 2.37. The maximum absolute atomic E-state index is 14.8. The zero-order valence-corrected chi connectivity index (χ0v) is 20.1. The van der Waals surface area contributed by atoms with Crippen LogP contribution in [0.4, 0.5) is 16.0 Å². The Morgan fingerprint density at radius 1 is 1.11 bits per heavy atom. The van der Waals surface area contributed by atoms with Gasteiger partial charge in [0.2, 0.25) is 5.95 Å². The second-order valence-corrected chi connectivity index (χ2v) is 9.79. The molecule has 1 aliphatic heterocycles. The van der Waals surface area contributed by atoms with E-state index < -0.39 is 11.4 Å². The van der Waals surface area contributed by atoms with E-state index in [1.807, 2.05) is 25.1 Å². The number of pyridine rings is 1. The number of aliphatic hydroxyl groups is 1. The van der Waals surface area contributed by atoms with E-state index in [2.05, 4.69) is 39.4 Å². The first kappa shape index (κ1) is 22.1. The number of likely N-dealkylation sites (N-methyl/N-ethyl adjacent to an activating group) is 1. The van der Waals surface area contributed by atoms with Crippen LogP contribution in [0.1, 0.15) is 48.6 Å². The van der Waals surface area contributed by atoms with Crippen molar-refractivity contribution in [3.05, 3.63) is 70.9 Å². The van der Waals surface area contributed by atoms with Crippen molar-refractivity contribution < 1.29 is 9.50 Å². The molecule has 1 atom stereocenters. The fourth-order valence-electron chi connectivity index (χ4n) is 5.36. The zero-order chi connectivity index (χ0) is 24.2. The summed E-state index contributed by atoms with van der Waals surface area (Å²) >= 11 is 0. The summed E-state index contributed by atoms with van der Waals surface area (Å²) in [4.78, 5) is 16.1. The van der Waals surface area contributed by atoms with Gasteiger partial charge in [0.1, 0.15) is 11.4 Å². The number of anilines is 2. The van der Waals surface area contributed by atoms with Crippen molar-refractivity contribution in [3.63, 3.8) is 0 Å². The van der Waals surface area contributed by atoms with Crippen LogP contribution >= 0.6 is 0 Å². The standard InChI is InChI=1S/C27H29FN6O/c1-3-27(35)11-4-5-18-7-9-23(31-24(18)27)34-16-22(28)21-14-29-26(32-25(21)34)30-20-8-6-17-10-12-33(2)15-19(17)13-20/h6-9,13-14,16,35H,3-5,10-12,15H2,1-2H3,(H,29,30,32)/t27-/m0/s1. The van der Waals surface area contributed by atoms with Gasteiger partial charge in [-0.05, 0) is 74.0 Å². The Hall–Kier alpha value is -3.36. The lowest BCUT2D eigenvalue weighted by Gasteiger charge is -2.32. The van der Waals surface area contributed by atoms with Gasteiger partial charge in [-0.25, -0.2) is 14.4 Å². The number of nitrogens with one attached hydrogen (secondary N) is 1. The minimum Gasteiger partial charge on any atom is -0.384 e. The summed E-state index contributed by atoms with van der Waals surface area (Å²) < 4.78 is 16.5. The molecule has 0 fully saturated rings. The highest BCUT2D eigenvalue weighted by atomic mass is 19.1. The summed E-state index contributed by atoms with van der Waals surface area (Å²) in [6.45, 7) is 3.94. The number of hydrogen-bond acceptors (Lipinski definition) is 6. The van der Waals surface area contributed by atoms with Crippen molar-refractivity contribution in [1.29, 1.82) is 0 Å². The monoisotopic (exact) mass is 472 g/mol. The molecule has 0 unspecified atom stereocenters. The molecule has 2 aliphatic rings. The fourth-order valence-corrected chi connectivity index (χ4v) is 5.36. The molecule has 0 bridgehead atoms. The van der Waals surface area contributed by atoms with Gasteiger partial charge in [-0.2, -0.15) is 4.98 Å². The van der Waals surface area contributed by atoms with Crippen molar-refractivity contribution in [2.45, 2.75) is 51.2 Å². The van der Waals surface area contributed by atoms with E-state index in [0.29, 0.717) is 41.3 Å². The Balaban J connectivity index is 1.38. The van der Waals surface area contributed by atoms with Crippen LogP contribution in [0.25, 0.3) is 16.9 Å². The molecule has 180 valence electrons. The summed E-state index contributed by atoms with van der Waals surface area (Å²) in [6.07, 6.45) is 7.02. The number of hydrogen-bond donors (Lipinski definition) is 2. The second-order valence-electron chi connectivity index (χ2n) is 9.79. The maximum atomic E-state index is 14.8. The van der Waals surface area contributed by atoms with E-state index in [1.54, 1.807) is 4.57 Å². The van der Waals surface area contributed by atoms with Crippen LogP contribution in [0.15, 0.2) is 42.7 Å². The van der Waals surface area contributed by atoms with Crippen LogP contribution in [0.2, 0.25) is 0 Å². The molecule has 7 nitrogen and oxygen atoms in total. The van der Waals surface area contributed by atoms with Crippen molar-refractivity contribution in [2.24, 2.45) is 0 Å². The first-order valence-corrected chi connectivity index (χ1v) is 12.3. The summed E-state index contributed by atoms with van der Waals surface area (Å²) in [5, 5.41) is 14.8. The Bertz CT molecular complexity index is 1430. The van der Waals surface area contributed by atoms with Crippen molar-refractivity contribution in [2.75, 3.05) is 18.9 Å². The minimum atomic E-state index is -0.951. The van der Waals surface area contributed by atoms with Gasteiger partial charge in [0.15, 0.2) is 11.5 Å². The average Bonchev–Trinajstić information content (AvgIpc) is 3.19. The first-order chi connectivity index (χ1) is 16.9. The lowest BCUT2D eigenvalue weighted by Crippen LogP contribution is -2.31. The molecular formula is C27H29FN6O. The van der Waals surface area contributed by atoms with Crippen molar-refractivity contribution in [3.8, 4) is 5.82 Å². The Labute approximate surface area is 203 Å². The smallest absolute Gasteiger partial charge is 0.229 e. The Kier molecular flexibility index (Phi) is 5.30. The topological polar surface area (TPSA) is 79.1 Å². The van der Waals surface area contributed by atoms with E-state index in [4.69, 9.17) is 4.98 Å². The first-order valence-electron chi connectivity index (χ1n) is 12.3. The van der Waals surface area contributed by atoms with E-state index in [-0.39, 0.29) is 0 Å². The van der Waals surface area contributed by atoms with Crippen LogP contribution in [0.5, 0.6) is 0 Å². The molecule has 0 saturated carbocycles. The normalized spacial score (nSPS) is 20.0. The SMILES string of the molecule is CC[C@]1(O)CCCc2ccc(-n3cc(F)c4cnc(Nc5ccc6c(c5)CN(C)CC6)nc43)nc21. The minimum absolute atomic E-state index is 0.327. The van der Waals surface area contributed by atoms with Gasteiger partial charge in [-0.1, -0.05) is 19.1 Å². The van der Waals surface area contributed by atoms with Crippen LogP contribution in [-0.2, 0) is 25.0 Å². The van der Waals surface area contributed by atoms with Gasteiger partial charge in [0.25, 0.3) is 0 Å². The number of benzene rings is 1. The maximum Gasteiger partial charge on any atom is 0.229 e. The molecule has 0 saturated heterocycles. The number of aromatic nitrogens is 4. The van der Waals surface area contributed by atoms with Gasteiger partial charge >= 0.3 is 0 Å². The molecule has 4 heterocycles. The highest BCUT2D eigenvalue weighted by molar-refractivity contribution is 5.79. The van der Waals surface area contributed by atoms with Gasteiger partial charge in [-0.3, -0.25) is 4.57 Å². The predicted octanol–water partition coefficient (Wildman–Crippen LogP) is 4.62. The Morgan fingerprint density at radius 3 is 2.83 bits per heavy atom.